The fourth-order valence-electron chi connectivity index (χ4n) is 2.84. The highest BCUT2D eigenvalue weighted by Crippen LogP contribution is 2.44. The molecule has 9 nitrogen and oxygen atoms in total. The molecule has 0 aliphatic carbocycles. The standard InChI is InChI=1S/C15H16BrN5O4/c1-7-11(14(22)25-4)12(21-15(17-7)18-19-20-21)9-5-8(16)6-10(23-2)13(9)24-3/h5-6,12H,1-4H3,(H,17,18,20). The van der Waals surface area contributed by atoms with E-state index in [2.05, 4.69) is 36.8 Å². The van der Waals surface area contributed by atoms with Gasteiger partial charge in [0, 0.05) is 15.7 Å². The monoisotopic (exact) mass is 409 g/mol. The van der Waals surface area contributed by atoms with Gasteiger partial charge in [-0.1, -0.05) is 21.0 Å². The number of carbonyl (C=O) groups excluding carboxylic acids is 1. The SMILES string of the molecule is COC(=O)C1=C(C)Nc2nnnn2C1c1cc(Br)cc(OC)c1OC. The Morgan fingerprint density at radius 2 is 2.04 bits per heavy atom. The van der Waals surface area contributed by atoms with E-state index in [1.54, 1.807) is 20.1 Å². The van der Waals surface area contributed by atoms with Crippen LogP contribution in [0.4, 0.5) is 5.95 Å². The third-order valence-electron chi connectivity index (χ3n) is 3.89. The van der Waals surface area contributed by atoms with Crippen LogP contribution >= 0.6 is 15.9 Å². The number of hydrogen-bond donors (Lipinski definition) is 1. The van der Waals surface area contributed by atoms with Gasteiger partial charge in [-0.15, -0.1) is 0 Å². The lowest BCUT2D eigenvalue weighted by Crippen LogP contribution is -2.29. The van der Waals surface area contributed by atoms with Crippen LogP contribution in [0.25, 0.3) is 0 Å². The molecule has 1 atom stereocenters. The summed E-state index contributed by atoms with van der Waals surface area (Å²) in [6, 6.07) is 2.97. The zero-order valence-corrected chi connectivity index (χ0v) is 15.6. The molecule has 1 N–H and O–H groups in total. The lowest BCUT2D eigenvalue weighted by Gasteiger charge is -2.28. The number of allylic oxidation sites excluding steroid dienone is 1. The summed E-state index contributed by atoms with van der Waals surface area (Å²) in [4.78, 5) is 12.4. The summed E-state index contributed by atoms with van der Waals surface area (Å²) in [6.45, 7) is 1.76. The highest BCUT2D eigenvalue weighted by atomic mass is 79.9. The topological polar surface area (TPSA) is 100 Å². The number of halogens is 1. The number of ether oxygens (including phenoxy) is 3. The number of benzene rings is 1. The Morgan fingerprint density at radius 1 is 1.28 bits per heavy atom. The van der Waals surface area contributed by atoms with Gasteiger partial charge in [0.2, 0.25) is 5.95 Å². The van der Waals surface area contributed by atoms with E-state index < -0.39 is 12.0 Å². The van der Waals surface area contributed by atoms with Crippen molar-refractivity contribution < 1.29 is 19.0 Å². The molecule has 25 heavy (non-hydrogen) atoms. The van der Waals surface area contributed by atoms with Crippen molar-refractivity contribution in [3.63, 3.8) is 0 Å². The van der Waals surface area contributed by atoms with Crippen molar-refractivity contribution in [3.05, 3.63) is 33.4 Å². The number of tetrazole rings is 1. The Morgan fingerprint density at radius 3 is 2.68 bits per heavy atom. The zero-order valence-electron chi connectivity index (χ0n) is 14.0. The number of anilines is 1. The number of fused-ring (bicyclic) bond motifs is 1. The van der Waals surface area contributed by atoms with Crippen LogP contribution in [0, 0.1) is 0 Å². The molecule has 0 radical (unpaired) electrons. The van der Waals surface area contributed by atoms with E-state index in [9.17, 15) is 4.79 Å². The molecule has 132 valence electrons. The number of aromatic nitrogens is 4. The van der Waals surface area contributed by atoms with Gasteiger partial charge in [-0.2, -0.15) is 4.68 Å². The summed E-state index contributed by atoms with van der Waals surface area (Å²) in [5, 5.41) is 14.7. The Bertz CT molecular complexity index is 864. The molecule has 0 saturated carbocycles. The van der Waals surface area contributed by atoms with E-state index in [0.717, 1.165) is 4.47 Å². The molecule has 1 aliphatic rings. The van der Waals surface area contributed by atoms with Gasteiger partial charge in [0.15, 0.2) is 11.5 Å². The van der Waals surface area contributed by atoms with Gasteiger partial charge in [-0.25, -0.2) is 4.79 Å². The van der Waals surface area contributed by atoms with Crippen LogP contribution in [0.1, 0.15) is 18.5 Å². The van der Waals surface area contributed by atoms with Crippen molar-refractivity contribution in [2.45, 2.75) is 13.0 Å². The normalized spacial score (nSPS) is 16.1. The molecule has 1 aliphatic heterocycles. The predicted octanol–water partition coefficient (Wildman–Crippen LogP) is 1.91. The third kappa shape index (κ3) is 2.82. The summed E-state index contributed by atoms with van der Waals surface area (Å²) in [6.07, 6.45) is 0. The van der Waals surface area contributed by atoms with Crippen LogP contribution in [0.2, 0.25) is 0 Å². The number of hydrogen-bond acceptors (Lipinski definition) is 8. The van der Waals surface area contributed by atoms with Gasteiger partial charge in [-0.3, -0.25) is 0 Å². The Balaban J connectivity index is 2.30. The average Bonchev–Trinajstić information content (AvgIpc) is 3.06. The lowest BCUT2D eigenvalue weighted by molar-refractivity contribution is -0.136. The number of carbonyl (C=O) groups is 1. The molecule has 10 heteroatoms. The Hall–Kier alpha value is -2.62. The Labute approximate surface area is 152 Å². The zero-order chi connectivity index (χ0) is 18.1. The van der Waals surface area contributed by atoms with Crippen molar-refractivity contribution in [2.24, 2.45) is 0 Å². The number of methoxy groups -OCH3 is 3. The fourth-order valence-corrected chi connectivity index (χ4v) is 3.29. The largest absolute Gasteiger partial charge is 0.493 e. The summed E-state index contributed by atoms with van der Waals surface area (Å²) in [7, 11) is 4.40. The van der Waals surface area contributed by atoms with Gasteiger partial charge in [0.05, 0.1) is 26.9 Å². The number of esters is 1. The van der Waals surface area contributed by atoms with Gasteiger partial charge in [-0.05, 0) is 29.5 Å². The van der Waals surface area contributed by atoms with Crippen LogP contribution in [-0.4, -0.2) is 47.5 Å². The first-order valence-corrected chi connectivity index (χ1v) is 8.06. The predicted molar refractivity (Wildman–Crippen MR) is 91.5 cm³/mol. The maximum atomic E-state index is 12.4. The first kappa shape index (κ1) is 17.2. The van der Waals surface area contributed by atoms with E-state index in [-0.39, 0.29) is 0 Å². The third-order valence-corrected chi connectivity index (χ3v) is 4.34. The molecule has 1 unspecified atom stereocenters. The molecule has 1 aromatic carbocycles. The molecule has 0 bridgehead atoms. The van der Waals surface area contributed by atoms with Crippen LogP contribution < -0.4 is 14.8 Å². The molecule has 2 heterocycles. The summed E-state index contributed by atoms with van der Waals surface area (Å²) >= 11 is 3.46. The molecule has 1 aromatic heterocycles. The molecular weight excluding hydrogens is 394 g/mol. The first-order valence-electron chi connectivity index (χ1n) is 7.27. The van der Waals surface area contributed by atoms with Crippen LogP contribution in [-0.2, 0) is 9.53 Å². The van der Waals surface area contributed by atoms with E-state index in [4.69, 9.17) is 14.2 Å². The van der Waals surface area contributed by atoms with Gasteiger partial charge >= 0.3 is 5.97 Å². The van der Waals surface area contributed by atoms with Crippen LogP contribution in [0.15, 0.2) is 27.9 Å². The highest BCUT2D eigenvalue weighted by Gasteiger charge is 2.37. The molecule has 3 rings (SSSR count). The second kappa shape index (κ2) is 6.71. The highest BCUT2D eigenvalue weighted by molar-refractivity contribution is 9.10. The van der Waals surface area contributed by atoms with Crippen molar-refractivity contribution in [1.29, 1.82) is 0 Å². The van der Waals surface area contributed by atoms with Gasteiger partial charge < -0.3 is 19.5 Å². The van der Waals surface area contributed by atoms with Crippen molar-refractivity contribution >= 4 is 27.8 Å². The van der Waals surface area contributed by atoms with E-state index in [1.165, 1.54) is 18.9 Å². The van der Waals surface area contributed by atoms with Gasteiger partial charge in [0.25, 0.3) is 0 Å². The molecule has 2 aromatic rings. The summed E-state index contributed by atoms with van der Waals surface area (Å²) < 4.78 is 18.2. The summed E-state index contributed by atoms with van der Waals surface area (Å²) in [5.41, 5.74) is 1.63. The first-order chi connectivity index (χ1) is 12.0. The van der Waals surface area contributed by atoms with Crippen LogP contribution in [0.5, 0.6) is 11.5 Å². The lowest BCUT2D eigenvalue weighted by atomic mass is 9.94. The smallest absolute Gasteiger partial charge is 0.338 e. The second-order valence-electron chi connectivity index (χ2n) is 5.24. The van der Waals surface area contributed by atoms with Crippen molar-refractivity contribution in [2.75, 3.05) is 26.6 Å². The number of nitrogens with zero attached hydrogens (tertiary/aromatic N) is 4. The van der Waals surface area contributed by atoms with Crippen LogP contribution in [0.3, 0.4) is 0 Å². The minimum Gasteiger partial charge on any atom is -0.493 e. The second-order valence-corrected chi connectivity index (χ2v) is 6.15. The maximum absolute atomic E-state index is 12.4. The molecular formula is C15H16BrN5O4. The molecule has 0 fully saturated rings. The van der Waals surface area contributed by atoms with E-state index >= 15 is 0 Å². The number of rotatable bonds is 4. The van der Waals surface area contributed by atoms with Gasteiger partial charge in [0.1, 0.15) is 6.04 Å². The van der Waals surface area contributed by atoms with Crippen molar-refractivity contribution in [3.8, 4) is 11.5 Å². The van der Waals surface area contributed by atoms with E-state index in [1.807, 2.05) is 6.07 Å². The molecule has 0 spiro atoms. The Kier molecular flexibility index (Phi) is 4.62. The molecule has 0 saturated heterocycles. The minimum atomic E-state index is -0.639. The molecule has 0 amide bonds. The maximum Gasteiger partial charge on any atom is 0.338 e. The minimum absolute atomic E-state index is 0.376. The quantitative estimate of drug-likeness (QED) is 0.764. The van der Waals surface area contributed by atoms with E-state index in [0.29, 0.717) is 34.3 Å². The fraction of sp³-hybridized carbons (Fsp3) is 0.333. The number of nitrogens with one attached hydrogen (secondary N) is 1. The average molecular weight is 410 g/mol. The van der Waals surface area contributed by atoms with Crippen molar-refractivity contribution in [1.82, 2.24) is 20.2 Å². The summed E-state index contributed by atoms with van der Waals surface area (Å²) in [5.74, 6) is 0.920.